The van der Waals surface area contributed by atoms with Crippen LogP contribution in [0, 0.1) is 0 Å². The lowest BCUT2D eigenvalue weighted by Crippen LogP contribution is -2.57. The molecule has 0 bridgehead atoms. The van der Waals surface area contributed by atoms with Crippen molar-refractivity contribution in [2.45, 2.75) is 24.8 Å². The first kappa shape index (κ1) is 14.9. The van der Waals surface area contributed by atoms with Crippen molar-refractivity contribution in [1.29, 1.82) is 0 Å². The summed E-state index contributed by atoms with van der Waals surface area (Å²) in [7, 11) is 5.78. The van der Waals surface area contributed by atoms with E-state index < -0.39 is 12.6 Å². The highest BCUT2D eigenvalue weighted by atomic mass is 16.5. The average molecular weight is 258 g/mol. The fraction of sp³-hybridized carbons (Fsp3) is 0.833. The van der Waals surface area contributed by atoms with Crippen molar-refractivity contribution < 1.29 is 19.4 Å². The minimum absolute atomic E-state index is 0.0806. The Bertz CT molecular complexity index is 313. The van der Waals surface area contributed by atoms with Crippen molar-refractivity contribution in [2.24, 2.45) is 0 Å². The number of amides is 1. The molecular formula is C12H22N2O4. The van der Waals surface area contributed by atoms with Crippen molar-refractivity contribution in [3.63, 3.8) is 0 Å². The van der Waals surface area contributed by atoms with Crippen LogP contribution in [-0.2, 0) is 14.3 Å². The van der Waals surface area contributed by atoms with Gasteiger partial charge in [-0.3, -0.25) is 4.79 Å². The van der Waals surface area contributed by atoms with Crippen LogP contribution in [-0.4, -0.2) is 73.2 Å². The third-order valence-electron chi connectivity index (χ3n) is 3.64. The maximum Gasteiger partial charge on any atom is 0.329 e. The number of ether oxygens (including phenoxy) is 1. The Morgan fingerprint density at radius 3 is 2.22 bits per heavy atom. The number of carbonyl (C=O) groups excluding carboxylic acids is 1. The highest BCUT2D eigenvalue weighted by molar-refractivity contribution is 5.77. The maximum atomic E-state index is 11.8. The van der Waals surface area contributed by atoms with Crippen LogP contribution in [0.3, 0.4) is 0 Å². The molecule has 1 fully saturated rings. The summed E-state index contributed by atoms with van der Waals surface area (Å²) in [5.41, 5.74) is 0.0806. The second-order valence-electron chi connectivity index (χ2n) is 5.11. The molecule has 0 spiro atoms. The van der Waals surface area contributed by atoms with E-state index in [1.165, 1.54) is 6.42 Å². The highest BCUT2D eigenvalue weighted by Gasteiger charge is 2.40. The van der Waals surface area contributed by atoms with Crippen LogP contribution in [0.4, 0.5) is 0 Å². The first-order valence-corrected chi connectivity index (χ1v) is 6.08. The van der Waals surface area contributed by atoms with Crippen LogP contribution in [0.5, 0.6) is 0 Å². The Labute approximate surface area is 107 Å². The topological polar surface area (TPSA) is 70.1 Å². The number of rotatable bonds is 7. The summed E-state index contributed by atoms with van der Waals surface area (Å²) in [4.78, 5) is 25.8. The fourth-order valence-corrected chi connectivity index (χ4v) is 2.20. The van der Waals surface area contributed by atoms with Gasteiger partial charge in [-0.15, -0.1) is 0 Å². The second kappa shape index (κ2) is 6.15. The van der Waals surface area contributed by atoms with Gasteiger partial charge in [0.05, 0.1) is 0 Å². The molecule has 1 amide bonds. The molecule has 0 aliphatic heterocycles. The molecule has 0 atom stereocenters. The first-order valence-electron chi connectivity index (χ1n) is 6.08. The summed E-state index contributed by atoms with van der Waals surface area (Å²) in [6, 6.07) is 0. The molecule has 0 unspecified atom stereocenters. The molecule has 0 aromatic heterocycles. The molecule has 104 valence electrons. The predicted octanol–water partition coefficient (Wildman–Crippen LogP) is 0.0303. The van der Waals surface area contributed by atoms with E-state index in [-0.39, 0.29) is 18.1 Å². The molecule has 0 aromatic carbocycles. The second-order valence-corrected chi connectivity index (χ2v) is 5.11. The van der Waals surface area contributed by atoms with Gasteiger partial charge in [-0.05, 0) is 33.4 Å². The number of carboxylic acid groups (broad SMARTS) is 1. The Morgan fingerprint density at radius 1 is 1.22 bits per heavy atom. The van der Waals surface area contributed by atoms with Crippen molar-refractivity contribution >= 4 is 11.9 Å². The minimum atomic E-state index is -1.06. The van der Waals surface area contributed by atoms with E-state index in [1.54, 1.807) is 11.9 Å². The number of hydrogen-bond acceptors (Lipinski definition) is 4. The maximum absolute atomic E-state index is 11.8. The molecule has 0 radical (unpaired) electrons. The molecule has 1 rings (SSSR count). The van der Waals surface area contributed by atoms with Crippen LogP contribution < -0.4 is 0 Å². The van der Waals surface area contributed by atoms with Crippen LogP contribution >= 0.6 is 0 Å². The number of hydrogen-bond donors (Lipinski definition) is 1. The Morgan fingerprint density at radius 2 is 1.83 bits per heavy atom. The van der Waals surface area contributed by atoms with Crippen LogP contribution in [0.1, 0.15) is 19.3 Å². The van der Waals surface area contributed by atoms with Gasteiger partial charge < -0.3 is 19.6 Å². The molecule has 18 heavy (non-hydrogen) atoms. The van der Waals surface area contributed by atoms with E-state index in [2.05, 4.69) is 4.90 Å². The normalized spacial score (nSPS) is 17.3. The molecule has 1 aliphatic rings. The summed E-state index contributed by atoms with van der Waals surface area (Å²) in [6.45, 7) is 0.0555. The summed E-state index contributed by atoms with van der Waals surface area (Å²) < 4.78 is 4.80. The van der Waals surface area contributed by atoms with E-state index >= 15 is 0 Å². The van der Waals surface area contributed by atoms with Gasteiger partial charge in [-0.1, -0.05) is 0 Å². The summed E-state index contributed by atoms with van der Waals surface area (Å²) >= 11 is 0. The monoisotopic (exact) mass is 258 g/mol. The zero-order valence-electron chi connectivity index (χ0n) is 11.3. The predicted molar refractivity (Wildman–Crippen MR) is 66.4 cm³/mol. The molecule has 1 N–H and O–H groups in total. The van der Waals surface area contributed by atoms with Gasteiger partial charge in [0, 0.05) is 19.1 Å². The lowest BCUT2D eigenvalue weighted by atomic mass is 9.75. The zero-order valence-corrected chi connectivity index (χ0v) is 11.3. The van der Waals surface area contributed by atoms with Crippen molar-refractivity contribution in [3.05, 3.63) is 0 Å². The molecule has 6 heteroatoms. The third kappa shape index (κ3) is 3.68. The quantitative estimate of drug-likeness (QED) is 0.697. The van der Waals surface area contributed by atoms with Crippen LogP contribution in [0.25, 0.3) is 0 Å². The van der Waals surface area contributed by atoms with Gasteiger partial charge in [-0.25, -0.2) is 4.79 Å². The van der Waals surface area contributed by atoms with Gasteiger partial charge in [0.25, 0.3) is 0 Å². The molecule has 0 heterocycles. The molecular weight excluding hydrogens is 236 g/mol. The Kier molecular flexibility index (Phi) is 5.10. The van der Waals surface area contributed by atoms with E-state index in [0.717, 1.165) is 12.8 Å². The third-order valence-corrected chi connectivity index (χ3v) is 3.64. The average Bonchev–Trinajstić information content (AvgIpc) is 2.21. The van der Waals surface area contributed by atoms with Crippen LogP contribution in [0.2, 0.25) is 0 Å². The molecule has 1 saturated carbocycles. The molecule has 1 aliphatic carbocycles. The summed E-state index contributed by atoms with van der Waals surface area (Å²) in [5, 5.41) is 8.41. The largest absolute Gasteiger partial charge is 0.480 e. The minimum Gasteiger partial charge on any atom is -0.480 e. The lowest BCUT2D eigenvalue weighted by molar-refractivity contribution is -0.146. The molecule has 0 saturated heterocycles. The number of carboxylic acids is 1. The first-order chi connectivity index (χ1) is 8.37. The standard InChI is InChI=1S/C12H22N2O4/c1-13(2)12(5-4-6-12)9-14(3)10(15)7-18-8-11(16)17/h4-9H2,1-3H3,(H,16,17). The number of likely N-dealkylation sites (N-methyl/N-ethyl adjacent to an activating group) is 2. The number of nitrogens with zero attached hydrogens (tertiary/aromatic N) is 2. The van der Waals surface area contributed by atoms with Crippen molar-refractivity contribution in [2.75, 3.05) is 40.9 Å². The Hall–Kier alpha value is -1.14. The van der Waals surface area contributed by atoms with Gasteiger partial charge in [0.15, 0.2) is 0 Å². The lowest BCUT2D eigenvalue weighted by Gasteiger charge is -2.49. The van der Waals surface area contributed by atoms with E-state index in [9.17, 15) is 9.59 Å². The smallest absolute Gasteiger partial charge is 0.329 e. The van der Waals surface area contributed by atoms with Crippen LogP contribution in [0.15, 0.2) is 0 Å². The van der Waals surface area contributed by atoms with Crippen molar-refractivity contribution in [3.8, 4) is 0 Å². The number of carbonyl (C=O) groups is 2. The fourth-order valence-electron chi connectivity index (χ4n) is 2.20. The summed E-state index contributed by atoms with van der Waals surface area (Å²) in [5.74, 6) is -1.24. The van der Waals surface area contributed by atoms with Gasteiger partial charge in [0.1, 0.15) is 13.2 Å². The van der Waals surface area contributed by atoms with Gasteiger partial charge >= 0.3 is 5.97 Å². The van der Waals surface area contributed by atoms with Gasteiger partial charge in [0.2, 0.25) is 5.91 Å². The van der Waals surface area contributed by atoms with Gasteiger partial charge in [-0.2, -0.15) is 0 Å². The summed E-state index contributed by atoms with van der Waals surface area (Å²) in [6.07, 6.45) is 3.37. The van der Waals surface area contributed by atoms with E-state index in [0.29, 0.717) is 6.54 Å². The Balaban J connectivity index is 2.37. The van der Waals surface area contributed by atoms with Crippen molar-refractivity contribution in [1.82, 2.24) is 9.80 Å². The van der Waals surface area contributed by atoms with E-state index in [1.807, 2.05) is 14.1 Å². The SMILES string of the molecule is CN(CC1(N(C)C)CCC1)C(=O)COCC(=O)O. The zero-order chi connectivity index (χ0) is 13.8. The number of aliphatic carboxylic acids is 1. The molecule has 0 aromatic rings. The van der Waals surface area contributed by atoms with E-state index in [4.69, 9.17) is 9.84 Å². The molecule has 6 nitrogen and oxygen atoms in total. The highest BCUT2D eigenvalue weighted by Crippen LogP contribution is 2.36.